The molecule has 1 saturated heterocycles. The van der Waals surface area contributed by atoms with Gasteiger partial charge in [-0.1, -0.05) is 86.1 Å². The fraction of sp³-hybridized carbons (Fsp3) is 0.263. The maximum Gasteiger partial charge on any atom is 0.255 e. The molecule has 4 aromatic rings. The number of anilines is 2. The van der Waals surface area contributed by atoms with Crippen LogP contribution in [-0.2, 0) is 24.1 Å². The number of amides is 4. The molecule has 1 fully saturated rings. The number of rotatable bonds is 6. The maximum atomic E-state index is 14.5. The van der Waals surface area contributed by atoms with Gasteiger partial charge in [0.1, 0.15) is 15.8 Å². The Bertz CT molecular complexity index is 1880. The molecular weight excluding hydrogens is 633 g/mol. The number of carbonyl (C=O) groups is 4. The third-order valence-electron chi connectivity index (χ3n) is 9.82. The minimum absolute atomic E-state index is 0.336. The molecule has 0 unspecified atom stereocenters. The summed E-state index contributed by atoms with van der Waals surface area (Å²) >= 11 is 15.1. The lowest BCUT2D eigenvalue weighted by Gasteiger charge is -2.54. The average Bonchev–Trinajstić information content (AvgIpc) is 3.31. The van der Waals surface area contributed by atoms with E-state index in [1.54, 1.807) is 38.1 Å². The predicted molar refractivity (Wildman–Crippen MR) is 183 cm³/mol. The average molecular weight is 667 g/mol. The van der Waals surface area contributed by atoms with E-state index in [4.69, 9.17) is 23.2 Å². The monoisotopic (exact) mass is 665 g/mol. The van der Waals surface area contributed by atoms with Crippen molar-refractivity contribution in [1.82, 2.24) is 4.90 Å². The fourth-order valence-corrected chi connectivity index (χ4v) is 8.88. The predicted octanol–water partition coefficient (Wildman–Crippen LogP) is 7.11. The molecule has 0 radical (unpaired) electrons. The molecule has 0 saturated carbocycles. The molecule has 0 spiro atoms. The number of nitrogens with one attached hydrogen (secondary N) is 2. The second-order valence-corrected chi connectivity index (χ2v) is 14.2. The topological polar surface area (TPSA) is 95.6 Å². The van der Waals surface area contributed by atoms with Crippen LogP contribution in [0.5, 0.6) is 0 Å². The van der Waals surface area contributed by atoms with Crippen LogP contribution in [-0.4, -0.2) is 34.6 Å². The van der Waals surface area contributed by atoms with Crippen LogP contribution in [0.2, 0.25) is 0 Å². The molecule has 47 heavy (non-hydrogen) atoms. The van der Waals surface area contributed by atoms with E-state index >= 15 is 0 Å². The van der Waals surface area contributed by atoms with E-state index in [9.17, 15) is 19.2 Å². The van der Waals surface area contributed by atoms with Crippen LogP contribution in [0.25, 0.3) is 0 Å². The van der Waals surface area contributed by atoms with Crippen LogP contribution in [0, 0.1) is 31.6 Å². The van der Waals surface area contributed by atoms with Crippen LogP contribution in [0.1, 0.15) is 57.6 Å². The first kappa shape index (κ1) is 31.2. The highest BCUT2D eigenvalue weighted by Crippen LogP contribution is 2.69. The minimum Gasteiger partial charge on any atom is -0.324 e. The molecule has 1 aliphatic heterocycles. The number of aryl methyl sites for hydroxylation is 2. The van der Waals surface area contributed by atoms with Crippen molar-refractivity contribution in [3.05, 3.63) is 130 Å². The standard InChI is InChI=1S/C38H33Cl2N3O4/c1-20(2)32(34(45)41-24-11-9-10-23(19-24)33(44)42-29-17-16-21(3)18-22(29)4)43-35(46)30-31(36(43)47)38(40)26-13-6-5-12-25(26)37(30,39)27-14-7-8-15-28(27)38/h5-20,30-32H,1-4H3,(H,41,45)(H,42,44)/t30-,31+,32-,37?,38?/m0/s1. The second kappa shape index (κ2) is 11.1. The lowest BCUT2D eigenvalue weighted by Crippen LogP contribution is -2.57. The Hall–Kier alpha value is -4.46. The Morgan fingerprint density at radius 1 is 0.723 bits per heavy atom. The molecule has 2 N–H and O–H groups in total. The molecule has 9 heteroatoms. The number of benzene rings is 4. The minimum atomic E-state index is -1.34. The molecule has 1 heterocycles. The molecule has 4 amide bonds. The van der Waals surface area contributed by atoms with Crippen LogP contribution < -0.4 is 10.6 Å². The molecule has 0 aromatic heterocycles. The number of halogens is 2. The summed E-state index contributed by atoms with van der Waals surface area (Å²) in [7, 11) is 0. The van der Waals surface area contributed by atoms with Crippen molar-refractivity contribution in [2.24, 2.45) is 17.8 Å². The van der Waals surface area contributed by atoms with Crippen molar-refractivity contribution in [3.8, 4) is 0 Å². The van der Waals surface area contributed by atoms with E-state index in [-0.39, 0.29) is 5.91 Å². The van der Waals surface area contributed by atoms with Crippen LogP contribution in [0.15, 0.2) is 91.0 Å². The van der Waals surface area contributed by atoms with Crippen molar-refractivity contribution < 1.29 is 19.2 Å². The van der Waals surface area contributed by atoms with Gasteiger partial charge in [0, 0.05) is 16.9 Å². The van der Waals surface area contributed by atoms with Gasteiger partial charge in [-0.3, -0.25) is 24.1 Å². The van der Waals surface area contributed by atoms with Gasteiger partial charge in [-0.15, -0.1) is 23.2 Å². The van der Waals surface area contributed by atoms with Gasteiger partial charge in [0.2, 0.25) is 17.7 Å². The summed E-state index contributed by atoms with van der Waals surface area (Å²) in [6.45, 7) is 7.47. The van der Waals surface area contributed by atoms with E-state index < -0.39 is 51.3 Å². The van der Waals surface area contributed by atoms with Gasteiger partial charge in [0.15, 0.2) is 0 Å². The summed E-state index contributed by atoms with van der Waals surface area (Å²) < 4.78 is 0. The zero-order valence-corrected chi connectivity index (χ0v) is 27.8. The van der Waals surface area contributed by atoms with Crippen molar-refractivity contribution in [3.63, 3.8) is 0 Å². The van der Waals surface area contributed by atoms with Gasteiger partial charge in [0.25, 0.3) is 5.91 Å². The number of likely N-dealkylation sites (tertiary alicyclic amines) is 1. The van der Waals surface area contributed by atoms with Gasteiger partial charge >= 0.3 is 0 Å². The molecule has 238 valence electrons. The number of imide groups is 1. The Labute approximate surface area is 283 Å². The normalized spacial score (nSPS) is 24.4. The molecule has 3 aliphatic carbocycles. The molecule has 4 aromatic carbocycles. The smallest absolute Gasteiger partial charge is 0.255 e. The summed E-state index contributed by atoms with van der Waals surface area (Å²) in [5.41, 5.74) is 6.18. The van der Waals surface area contributed by atoms with Crippen LogP contribution in [0.3, 0.4) is 0 Å². The number of carbonyl (C=O) groups excluding carboxylic acids is 4. The van der Waals surface area contributed by atoms with Crippen LogP contribution >= 0.6 is 23.2 Å². The van der Waals surface area contributed by atoms with E-state index in [0.717, 1.165) is 16.0 Å². The number of hydrogen-bond acceptors (Lipinski definition) is 4. The first-order valence-electron chi connectivity index (χ1n) is 15.6. The van der Waals surface area contributed by atoms with Gasteiger partial charge in [-0.25, -0.2) is 0 Å². The van der Waals surface area contributed by atoms with E-state index in [1.165, 1.54) is 0 Å². The number of hydrogen-bond donors (Lipinski definition) is 2. The van der Waals surface area contributed by atoms with E-state index in [2.05, 4.69) is 10.6 Å². The second-order valence-electron chi connectivity index (χ2n) is 13.0. The third kappa shape index (κ3) is 4.47. The van der Waals surface area contributed by atoms with E-state index in [1.807, 2.05) is 80.6 Å². The summed E-state index contributed by atoms with van der Waals surface area (Å²) in [6, 6.07) is 26.0. The van der Waals surface area contributed by atoms with Crippen molar-refractivity contribution in [2.45, 2.75) is 43.5 Å². The Morgan fingerprint density at radius 2 is 1.26 bits per heavy atom. The molecule has 4 aliphatic rings. The SMILES string of the molecule is Cc1ccc(NC(=O)c2cccc(NC(=O)[C@H](C(C)C)N3C(=O)[C@@H]4[C@H](C3=O)C3(Cl)c5ccccc5C4(Cl)c4ccccc43)c2)c(C)c1. The summed E-state index contributed by atoms with van der Waals surface area (Å²) in [5.74, 6) is -4.41. The van der Waals surface area contributed by atoms with Gasteiger partial charge in [-0.05, 0) is 71.8 Å². The summed E-state index contributed by atoms with van der Waals surface area (Å²) in [6.07, 6.45) is 0. The Morgan fingerprint density at radius 3 is 1.74 bits per heavy atom. The maximum absolute atomic E-state index is 14.5. The Balaban J connectivity index is 1.21. The first-order valence-corrected chi connectivity index (χ1v) is 16.4. The molecule has 2 bridgehead atoms. The van der Waals surface area contributed by atoms with Gasteiger partial charge < -0.3 is 10.6 Å². The summed E-state index contributed by atoms with van der Waals surface area (Å²) in [5, 5.41) is 5.78. The summed E-state index contributed by atoms with van der Waals surface area (Å²) in [4.78, 5) is 54.6. The zero-order chi connectivity index (χ0) is 33.4. The molecule has 3 atom stereocenters. The Kier molecular flexibility index (Phi) is 7.34. The van der Waals surface area contributed by atoms with Gasteiger partial charge in [0.05, 0.1) is 11.8 Å². The van der Waals surface area contributed by atoms with Crippen LogP contribution in [0.4, 0.5) is 11.4 Å². The molecule has 7 nitrogen and oxygen atoms in total. The van der Waals surface area contributed by atoms with Gasteiger partial charge in [-0.2, -0.15) is 0 Å². The van der Waals surface area contributed by atoms with Crippen molar-refractivity contribution >= 4 is 58.2 Å². The fourth-order valence-electron chi connectivity index (χ4n) is 7.78. The highest BCUT2D eigenvalue weighted by Gasteiger charge is 2.73. The lowest BCUT2D eigenvalue weighted by atomic mass is 9.54. The third-order valence-corrected chi connectivity index (χ3v) is 11.1. The number of alkyl halides is 2. The van der Waals surface area contributed by atoms with E-state index in [0.29, 0.717) is 39.2 Å². The zero-order valence-electron chi connectivity index (χ0n) is 26.3. The first-order chi connectivity index (χ1) is 22.4. The largest absolute Gasteiger partial charge is 0.324 e. The highest BCUT2D eigenvalue weighted by molar-refractivity contribution is 6.36. The van der Waals surface area contributed by atoms with Crippen molar-refractivity contribution in [1.29, 1.82) is 0 Å². The molecule has 8 rings (SSSR count). The van der Waals surface area contributed by atoms with Crippen molar-refractivity contribution in [2.75, 3.05) is 10.6 Å². The lowest BCUT2D eigenvalue weighted by molar-refractivity contribution is -0.148. The molecular formula is C38H33Cl2N3O4. The number of nitrogens with zero attached hydrogens (tertiary/aromatic N) is 1. The quantitative estimate of drug-likeness (QED) is 0.169. The highest BCUT2D eigenvalue weighted by atomic mass is 35.5.